The lowest BCUT2D eigenvalue weighted by molar-refractivity contribution is -0.121. The minimum absolute atomic E-state index is 0.146. The van der Waals surface area contributed by atoms with Crippen LogP contribution in [0.25, 0.3) is 0 Å². The SMILES string of the molecule is CC(NC(=O)Cc1ccccc1Cl)C(O)Cc1ccccc1. The van der Waals surface area contributed by atoms with Crippen molar-refractivity contribution in [1.29, 1.82) is 0 Å². The lowest BCUT2D eigenvalue weighted by Gasteiger charge is -2.20. The van der Waals surface area contributed by atoms with Crippen LogP contribution in [0.15, 0.2) is 54.6 Å². The molecule has 2 N–H and O–H groups in total. The molecular formula is C18H20ClNO2. The van der Waals surface area contributed by atoms with Gasteiger partial charge in [0.2, 0.25) is 5.91 Å². The van der Waals surface area contributed by atoms with Crippen molar-refractivity contribution in [2.75, 3.05) is 0 Å². The molecule has 3 nitrogen and oxygen atoms in total. The number of aliphatic hydroxyl groups excluding tert-OH is 1. The molecule has 0 bridgehead atoms. The van der Waals surface area contributed by atoms with Gasteiger partial charge in [0.15, 0.2) is 0 Å². The third-order valence-corrected chi connectivity index (χ3v) is 3.93. The molecule has 2 aromatic rings. The van der Waals surface area contributed by atoms with E-state index in [-0.39, 0.29) is 18.4 Å². The molecule has 0 aliphatic heterocycles. The molecule has 1 amide bonds. The number of rotatable bonds is 6. The van der Waals surface area contributed by atoms with E-state index >= 15 is 0 Å². The van der Waals surface area contributed by atoms with Crippen molar-refractivity contribution in [2.45, 2.75) is 31.9 Å². The second-order valence-corrected chi connectivity index (χ2v) is 5.79. The second kappa shape index (κ2) is 7.97. The maximum atomic E-state index is 12.1. The van der Waals surface area contributed by atoms with E-state index in [1.807, 2.05) is 48.5 Å². The summed E-state index contributed by atoms with van der Waals surface area (Å²) in [5.74, 6) is -0.146. The minimum atomic E-state index is -0.627. The number of hydrogen-bond acceptors (Lipinski definition) is 2. The first-order valence-electron chi connectivity index (χ1n) is 7.31. The molecule has 4 heteroatoms. The summed E-state index contributed by atoms with van der Waals surface area (Å²) in [7, 11) is 0. The molecule has 2 rings (SSSR count). The van der Waals surface area contributed by atoms with Crippen molar-refractivity contribution in [3.63, 3.8) is 0 Å². The smallest absolute Gasteiger partial charge is 0.224 e. The Bertz CT molecular complexity index is 615. The van der Waals surface area contributed by atoms with Gasteiger partial charge in [-0.1, -0.05) is 60.1 Å². The van der Waals surface area contributed by atoms with Gasteiger partial charge in [0.05, 0.1) is 18.6 Å². The molecule has 0 aliphatic rings. The quantitative estimate of drug-likeness (QED) is 0.860. The Hall–Kier alpha value is -1.84. The fraction of sp³-hybridized carbons (Fsp3) is 0.278. The minimum Gasteiger partial charge on any atom is -0.391 e. The van der Waals surface area contributed by atoms with Crippen LogP contribution in [0.5, 0.6) is 0 Å². The second-order valence-electron chi connectivity index (χ2n) is 5.38. The molecule has 22 heavy (non-hydrogen) atoms. The van der Waals surface area contributed by atoms with E-state index in [9.17, 15) is 9.90 Å². The molecule has 0 radical (unpaired) electrons. The van der Waals surface area contributed by atoms with Crippen LogP contribution in [-0.4, -0.2) is 23.2 Å². The monoisotopic (exact) mass is 317 g/mol. The molecule has 0 fully saturated rings. The topological polar surface area (TPSA) is 49.3 Å². The molecule has 116 valence electrons. The molecule has 0 spiro atoms. The van der Waals surface area contributed by atoms with Crippen molar-refractivity contribution in [1.82, 2.24) is 5.32 Å². The zero-order valence-corrected chi connectivity index (χ0v) is 13.3. The van der Waals surface area contributed by atoms with Crippen LogP contribution in [0.1, 0.15) is 18.1 Å². The van der Waals surface area contributed by atoms with Crippen molar-refractivity contribution in [3.05, 3.63) is 70.7 Å². The van der Waals surface area contributed by atoms with Gasteiger partial charge in [-0.15, -0.1) is 0 Å². The first-order chi connectivity index (χ1) is 10.6. The zero-order chi connectivity index (χ0) is 15.9. The average molecular weight is 318 g/mol. The summed E-state index contributed by atoms with van der Waals surface area (Å²) >= 11 is 6.05. The van der Waals surface area contributed by atoms with Gasteiger partial charge in [0.1, 0.15) is 0 Å². The predicted octanol–water partition coefficient (Wildman–Crippen LogP) is 2.99. The third-order valence-electron chi connectivity index (χ3n) is 3.56. The molecule has 0 heterocycles. The normalized spacial score (nSPS) is 13.4. The molecule has 2 atom stereocenters. The Labute approximate surface area is 135 Å². The van der Waals surface area contributed by atoms with E-state index in [4.69, 9.17) is 11.6 Å². The van der Waals surface area contributed by atoms with Gasteiger partial charge in [-0.05, 0) is 24.1 Å². The first-order valence-corrected chi connectivity index (χ1v) is 7.69. The van der Waals surface area contributed by atoms with Gasteiger partial charge in [0, 0.05) is 11.4 Å². The highest BCUT2D eigenvalue weighted by atomic mass is 35.5. The summed E-state index contributed by atoms with van der Waals surface area (Å²) in [5.41, 5.74) is 1.83. The number of amides is 1. The van der Waals surface area contributed by atoms with Crippen LogP contribution in [0.3, 0.4) is 0 Å². The molecule has 2 aromatic carbocycles. The Morgan fingerprint density at radius 1 is 1.14 bits per heavy atom. The van der Waals surface area contributed by atoms with Crippen molar-refractivity contribution < 1.29 is 9.90 Å². The van der Waals surface area contributed by atoms with Gasteiger partial charge in [-0.3, -0.25) is 4.79 Å². The maximum absolute atomic E-state index is 12.1. The average Bonchev–Trinajstić information content (AvgIpc) is 2.50. The van der Waals surface area contributed by atoms with Crippen LogP contribution in [0, 0.1) is 0 Å². The van der Waals surface area contributed by atoms with Gasteiger partial charge in [-0.2, -0.15) is 0 Å². The molecule has 2 unspecified atom stereocenters. The van der Waals surface area contributed by atoms with E-state index < -0.39 is 6.10 Å². The van der Waals surface area contributed by atoms with E-state index in [2.05, 4.69) is 5.32 Å². The summed E-state index contributed by atoms with van der Waals surface area (Å²) in [6.45, 7) is 1.80. The highest BCUT2D eigenvalue weighted by molar-refractivity contribution is 6.31. The summed E-state index contributed by atoms with van der Waals surface area (Å²) in [4.78, 5) is 12.1. The molecule has 0 saturated heterocycles. The fourth-order valence-corrected chi connectivity index (χ4v) is 2.45. The lowest BCUT2D eigenvalue weighted by atomic mass is 10.0. The van der Waals surface area contributed by atoms with E-state index in [0.29, 0.717) is 11.4 Å². The van der Waals surface area contributed by atoms with Gasteiger partial charge >= 0.3 is 0 Å². The third kappa shape index (κ3) is 4.86. The molecule has 0 saturated carbocycles. The van der Waals surface area contributed by atoms with Crippen molar-refractivity contribution >= 4 is 17.5 Å². The van der Waals surface area contributed by atoms with E-state index in [0.717, 1.165) is 11.1 Å². The summed E-state index contributed by atoms with van der Waals surface area (Å²) < 4.78 is 0. The van der Waals surface area contributed by atoms with Crippen LogP contribution in [0.2, 0.25) is 5.02 Å². The fourth-order valence-electron chi connectivity index (χ4n) is 2.25. The summed E-state index contributed by atoms with van der Waals surface area (Å²) in [6.07, 6.45) is 0.0915. The van der Waals surface area contributed by atoms with Gasteiger partial charge < -0.3 is 10.4 Å². The largest absolute Gasteiger partial charge is 0.391 e. The Kier molecular flexibility index (Phi) is 5.99. The molecule has 0 aromatic heterocycles. The Morgan fingerprint density at radius 3 is 2.45 bits per heavy atom. The van der Waals surface area contributed by atoms with Crippen molar-refractivity contribution in [3.8, 4) is 0 Å². The number of carbonyl (C=O) groups excluding carboxylic acids is 1. The Balaban J connectivity index is 1.87. The number of carbonyl (C=O) groups is 1. The number of hydrogen-bond donors (Lipinski definition) is 2. The van der Waals surface area contributed by atoms with Crippen molar-refractivity contribution in [2.24, 2.45) is 0 Å². The van der Waals surface area contributed by atoms with E-state index in [1.54, 1.807) is 13.0 Å². The maximum Gasteiger partial charge on any atom is 0.224 e. The van der Waals surface area contributed by atoms with Gasteiger partial charge in [-0.25, -0.2) is 0 Å². The van der Waals surface area contributed by atoms with Crippen LogP contribution < -0.4 is 5.32 Å². The first kappa shape index (κ1) is 16.5. The summed E-state index contributed by atoms with van der Waals surface area (Å²) in [6, 6.07) is 16.7. The van der Waals surface area contributed by atoms with E-state index in [1.165, 1.54) is 0 Å². The highest BCUT2D eigenvalue weighted by Gasteiger charge is 2.17. The highest BCUT2D eigenvalue weighted by Crippen LogP contribution is 2.15. The number of aliphatic hydroxyl groups is 1. The summed E-state index contributed by atoms with van der Waals surface area (Å²) in [5, 5.41) is 13.6. The number of halogens is 1. The molecule has 0 aliphatic carbocycles. The van der Waals surface area contributed by atoms with Crippen LogP contribution in [0.4, 0.5) is 0 Å². The van der Waals surface area contributed by atoms with Gasteiger partial charge in [0.25, 0.3) is 0 Å². The van der Waals surface area contributed by atoms with Crippen LogP contribution >= 0.6 is 11.6 Å². The standard InChI is InChI=1S/C18H20ClNO2/c1-13(17(21)11-14-7-3-2-4-8-14)20-18(22)12-15-9-5-6-10-16(15)19/h2-10,13,17,21H,11-12H2,1H3,(H,20,22). The lowest BCUT2D eigenvalue weighted by Crippen LogP contribution is -2.42. The zero-order valence-electron chi connectivity index (χ0n) is 12.5. The predicted molar refractivity (Wildman–Crippen MR) is 88.9 cm³/mol. The molecular weight excluding hydrogens is 298 g/mol. The Morgan fingerprint density at radius 2 is 1.77 bits per heavy atom. The van der Waals surface area contributed by atoms with Crippen LogP contribution in [-0.2, 0) is 17.6 Å². The number of nitrogens with one attached hydrogen (secondary N) is 1. The number of benzene rings is 2.